The normalized spacial score (nSPS) is 12.2. The van der Waals surface area contributed by atoms with Crippen LogP contribution in [-0.4, -0.2) is 30.6 Å². The molecule has 21 heavy (non-hydrogen) atoms. The SMILES string of the molecule is CCOC(=O)C(c1ccccc1)N(CCC#N)CC(C)C. The molecule has 0 aliphatic carbocycles. The van der Waals surface area contributed by atoms with E-state index in [1.54, 1.807) is 0 Å². The van der Waals surface area contributed by atoms with E-state index in [0.29, 0.717) is 25.5 Å². The summed E-state index contributed by atoms with van der Waals surface area (Å²) in [6.07, 6.45) is 0.398. The molecule has 1 atom stereocenters. The molecule has 0 saturated heterocycles. The lowest BCUT2D eigenvalue weighted by atomic mass is 10.0. The summed E-state index contributed by atoms with van der Waals surface area (Å²) in [5, 5.41) is 8.85. The summed E-state index contributed by atoms with van der Waals surface area (Å²) in [5.74, 6) is 0.159. The van der Waals surface area contributed by atoms with Gasteiger partial charge in [-0.1, -0.05) is 44.2 Å². The van der Waals surface area contributed by atoms with Crippen molar-refractivity contribution >= 4 is 5.97 Å². The molecule has 0 aliphatic heterocycles. The van der Waals surface area contributed by atoms with E-state index in [1.165, 1.54) is 0 Å². The number of esters is 1. The lowest BCUT2D eigenvalue weighted by Gasteiger charge is -2.31. The number of hydrogen-bond acceptors (Lipinski definition) is 4. The maximum atomic E-state index is 12.4. The zero-order chi connectivity index (χ0) is 15.7. The molecular formula is C17H24N2O2. The first kappa shape index (κ1) is 17.2. The number of hydrogen-bond donors (Lipinski definition) is 0. The summed E-state index contributed by atoms with van der Waals surface area (Å²) in [6.45, 7) is 7.68. The van der Waals surface area contributed by atoms with Crippen LogP contribution >= 0.6 is 0 Å². The Balaban J connectivity index is 3.05. The highest BCUT2D eigenvalue weighted by atomic mass is 16.5. The van der Waals surface area contributed by atoms with E-state index >= 15 is 0 Å². The molecule has 0 aliphatic rings. The molecular weight excluding hydrogens is 264 g/mol. The monoisotopic (exact) mass is 288 g/mol. The van der Waals surface area contributed by atoms with E-state index in [9.17, 15) is 4.79 Å². The van der Waals surface area contributed by atoms with Gasteiger partial charge in [0, 0.05) is 19.5 Å². The summed E-state index contributed by atoms with van der Waals surface area (Å²) >= 11 is 0. The molecule has 114 valence electrons. The smallest absolute Gasteiger partial charge is 0.327 e. The van der Waals surface area contributed by atoms with Crippen molar-refractivity contribution in [2.24, 2.45) is 5.92 Å². The number of carbonyl (C=O) groups excluding carboxylic acids is 1. The molecule has 1 rings (SSSR count). The zero-order valence-corrected chi connectivity index (χ0v) is 13.1. The Bertz CT molecular complexity index is 465. The third kappa shape index (κ3) is 5.57. The predicted molar refractivity (Wildman–Crippen MR) is 82.5 cm³/mol. The van der Waals surface area contributed by atoms with Gasteiger partial charge in [0.15, 0.2) is 0 Å². The Kier molecular flexibility index (Phi) is 7.49. The minimum Gasteiger partial charge on any atom is -0.465 e. The van der Waals surface area contributed by atoms with E-state index in [2.05, 4.69) is 19.9 Å². The second-order valence-corrected chi connectivity index (χ2v) is 5.36. The van der Waals surface area contributed by atoms with Gasteiger partial charge in [0.1, 0.15) is 6.04 Å². The van der Waals surface area contributed by atoms with Crippen LogP contribution in [-0.2, 0) is 9.53 Å². The van der Waals surface area contributed by atoms with Crippen molar-refractivity contribution in [2.45, 2.75) is 33.2 Å². The summed E-state index contributed by atoms with van der Waals surface area (Å²) in [6, 6.07) is 11.3. The second kappa shape index (κ2) is 9.15. The van der Waals surface area contributed by atoms with Crippen molar-refractivity contribution in [1.29, 1.82) is 5.26 Å². The van der Waals surface area contributed by atoms with Crippen LogP contribution < -0.4 is 0 Å². The molecule has 0 fully saturated rings. The minimum absolute atomic E-state index is 0.248. The summed E-state index contributed by atoms with van der Waals surface area (Å²) in [4.78, 5) is 14.4. The van der Waals surface area contributed by atoms with Crippen LogP contribution in [0.5, 0.6) is 0 Å². The number of carbonyl (C=O) groups is 1. The molecule has 0 radical (unpaired) electrons. The fraction of sp³-hybridized carbons (Fsp3) is 0.529. The van der Waals surface area contributed by atoms with Crippen molar-refractivity contribution in [3.05, 3.63) is 35.9 Å². The molecule has 0 aromatic heterocycles. The Hall–Kier alpha value is -1.86. The molecule has 0 spiro atoms. The number of rotatable bonds is 8. The molecule has 4 nitrogen and oxygen atoms in total. The van der Waals surface area contributed by atoms with Gasteiger partial charge in [0.25, 0.3) is 0 Å². The topological polar surface area (TPSA) is 53.3 Å². The van der Waals surface area contributed by atoms with Gasteiger partial charge in [-0.3, -0.25) is 4.90 Å². The first-order valence-electron chi connectivity index (χ1n) is 7.42. The van der Waals surface area contributed by atoms with Crippen molar-refractivity contribution < 1.29 is 9.53 Å². The number of ether oxygens (including phenoxy) is 1. The highest BCUT2D eigenvalue weighted by Crippen LogP contribution is 2.23. The van der Waals surface area contributed by atoms with E-state index in [4.69, 9.17) is 10.00 Å². The van der Waals surface area contributed by atoms with E-state index in [-0.39, 0.29) is 5.97 Å². The third-order valence-electron chi connectivity index (χ3n) is 3.10. The highest BCUT2D eigenvalue weighted by Gasteiger charge is 2.29. The van der Waals surface area contributed by atoms with Gasteiger partial charge in [0.05, 0.1) is 12.7 Å². The molecule has 4 heteroatoms. The van der Waals surface area contributed by atoms with Gasteiger partial charge in [-0.15, -0.1) is 0 Å². The maximum absolute atomic E-state index is 12.4. The van der Waals surface area contributed by atoms with Crippen LogP contribution in [0.2, 0.25) is 0 Å². The molecule has 0 saturated carbocycles. The molecule has 1 unspecified atom stereocenters. The first-order valence-corrected chi connectivity index (χ1v) is 7.42. The van der Waals surface area contributed by atoms with Gasteiger partial charge in [-0.25, -0.2) is 4.79 Å². The van der Waals surface area contributed by atoms with Crippen LogP contribution in [0.1, 0.15) is 38.8 Å². The summed E-state index contributed by atoms with van der Waals surface area (Å²) in [5.41, 5.74) is 0.912. The van der Waals surface area contributed by atoms with Crippen molar-refractivity contribution in [3.63, 3.8) is 0 Å². The number of nitriles is 1. The van der Waals surface area contributed by atoms with Crippen LogP contribution in [0.25, 0.3) is 0 Å². The predicted octanol–water partition coefficient (Wildman–Crippen LogP) is 3.16. The number of nitrogens with zero attached hydrogens (tertiary/aromatic N) is 2. The van der Waals surface area contributed by atoms with E-state index in [1.807, 2.05) is 42.2 Å². The van der Waals surface area contributed by atoms with Crippen LogP contribution in [0, 0.1) is 17.2 Å². The lowest BCUT2D eigenvalue weighted by Crippen LogP contribution is -2.38. The van der Waals surface area contributed by atoms with Gasteiger partial charge >= 0.3 is 5.97 Å². The van der Waals surface area contributed by atoms with E-state index in [0.717, 1.165) is 12.1 Å². The standard InChI is InChI=1S/C17H24N2O2/c1-4-21-17(20)16(15-9-6-5-7-10-15)19(12-8-11-18)13-14(2)3/h5-7,9-10,14,16H,4,8,12-13H2,1-3H3. The van der Waals surface area contributed by atoms with Crippen LogP contribution in [0.3, 0.4) is 0 Å². The fourth-order valence-corrected chi connectivity index (χ4v) is 2.34. The lowest BCUT2D eigenvalue weighted by molar-refractivity contribution is -0.150. The number of benzene rings is 1. The zero-order valence-electron chi connectivity index (χ0n) is 13.1. The summed E-state index contributed by atoms with van der Waals surface area (Å²) < 4.78 is 5.24. The summed E-state index contributed by atoms with van der Waals surface area (Å²) in [7, 11) is 0. The molecule has 1 aromatic carbocycles. The Morgan fingerprint density at radius 1 is 1.33 bits per heavy atom. The molecule has 0 heterocycles. The Morgan fingerprint density at radius 2 is 2.00 bits per heavy atom. The largest absolute Gasteiger partial charge is 0.465 e. The van der Waals surface area contributed by atoms with Crippen molar-refractivity contribution in [3.8, 4) is 6.07 Å². The van der Waals surface area contributed by atoms with Gasteiger partial charge in [-0.05, 0) is 18.4 Å². The van der Waals surface area contributed by atoms with Crippen molar-refractivity contribution in [2.75, 3.05) is 19.7 Å². The van der Waals surface area contributed by atoms with Crippen LogP contribution in [0.4, 0.5) is 0 Å². The van der Waals surface area contributed by atoms with Gasteiger partial charge < -0.3 is 4.74 Å². The molecule has 1 aromatic rings. The molecule has 0 amide bonds. The van der Waals surface area contributed by atoms with Crippen LogP contribution in [0.15, 0.2) is 30.3 Å². The van der Waals surface area contributed by atoms with Gasteiger partial charge in [0.2, 0.25) is 0 Å². The Labute approximate surface area is 127 Å². The average Bonchev–Trinajstić information content (AvgIpc) is 2.45. The quantitative estimate of drug-likeness (QED) is 0.689. The first-order chi connectivity index (χ1) is 10.1. The van der Waals surface area contributed by atoms with Crippen molar-refractivity contribution in [1.82, 2.24) is 4.90 Å². The second-order valence-electron chi connectivity index (χ2n) is 5.36. The third-order valence-corrected chi connectivity index (χ3v) is 3.10. The fourth-order valence-electron chi connectivity index (χ4n) is 2.34. The Morgan fingerprint density at radius 3 is 2.52 bits per heavy atom. The highest BCUT2D eigenvalue weighted by molar-refractivity contribution is 5.77. The van der Waals surface area contributed by atoms with Gasteiger partial charge in [-0.2, -0.15) is 5.26 Å². The molecule has 0 N–H and O–H groups in total. The minimum atomic E-state index is -0.443. The molecule has 0 bridgehead atoms. The maximum Gasteiger partial charge on any atom is 0.327 e. The average molecular weight is 288 g/mol. The van der Waals surface area contributed by atoms with E-state index < -0.39 is 6.04 Å².